The Bertz CT molecular complexity index is 4280. The first-order chi connectivity index (χ1) is 34.1. The second-order valence-corrected chi connectivity index (χ2v) is 18.9. The normalized spacial score (nSPS) is 11.7. The molecule has 15 rings (SSSR count). The van der Waals surface area contributed by atoms with Gasteiger partial charge in [-0.15, -0.1) is 22.7 Å². The molecular weight excluding hydrogens is 886 g/mol. The van der Waals surface area contributed by atoms with Gasteiger partial charge in [-0.25, -0.2) is 4.98 Å². The summed E-state index contributed by atoms with van der Waals surface area (Å²) in [5, 5.41) is 15.3. The van der Waals surface area contributed by atoms with Crippen LogP contribution in [-0.2, 0) is 0 Å². The molecule has 0 spiro atoms. The van der Waals surface area contributed by atoms with E-state index in [1.807, 2.05) is 83.3 Å². The smallest absolute Gasteiger partial charge is 0.238 e. The summed E-state index contributed by atoms with van der Waals surface area (Å²) in [4.78, 5) is 18.8. The Hall–Kier alpha value is -8.30. The molecule has 1 N–H and O–H groups in total. The Morgan fingerprint density at radius 3 is 1.41 bits per heavy atom. The van der Waals surface area contributed by atoms with Gasteiger partial charge in [0.25, 0.3) is 0 Å². The molecule has 0 unspecified atom stereocenters. The molecule has 0 bridgehead atoms. The van der Waals surface area contributed by atoms with Gasteiger partial charge in [0, 0.05) is 100 Å². The lowest BCUT2D eigenvalue weighted by Gasteiger charge is -2.12. The summed E-state index contributed by atoms with van der Waals surface area (Å²) in [6.07, 6.45) is 0. The zero-order valence-corrected chi connectivity index (χ0v) is 38.0. The van der Waals surface area contributed by atoms with Crippen LogP contribution in [-0.4, -0.2) is 31.7 Å². The molecule has 0 aliphatic carbocycles. The third-order valence-electron chi connectivity index (χ3n) is 13.1. The van der Waals surface area contributed by atoms with Crippen LogP contribution in [0.5, 0.6) is 0 Å². The molecule has 0 radical (unpaired) electrons. The van der Waals surface area contributed by atoms with Crippen LogP contribution in [0.3, 0.4) is 0 Å². The van der Waals surface area contributed by atoms with Crippen LogP contribution >= 0.6 is 22.7 Å². The van der Waals surface area contributed by atoms with E-state index in [9.17, 15) is 4.39 Å². The van der Waals surface area contributed by atoms with Gasteiger partial charge >= 0.3 is 0 Å². The SMILES string of the molecule is C.[2H]CF.c1ccc(-c2nc(-c3ccccc3)nc(-n3c4ccccc4c4ccc5c(ccc6c7ccccc7sc65)c43)n2)cc1.c1ccc2c(c1)[nH]c1c2ccc2c1ccc1c3ccccc3sc12. The van der Waals surface area contributed by atoms with Gasteiger partial charge in [0.15, 0.2) is 11.6 Å². The Balaban J connectivity index is 0.000000152. The summed E-state index contributed by atoms with van der Waals surface area (Å²) in [6, 6.07) is 72.9. The van der Waals surface area contributed by atoms with E-state index in [0.717, 1.165) is 22.2 Å². The van der Waals surface area contributed by atoms with Gasteiger partial charge in [0.05, 0.1) is 25.1 Å². The fourth-order valence-corrected chi connectivity index (χ4v) is 12.5. The molecule has 10 aromatic carbocycles. The van der Waals surface area contributed by atoms with Crippen molar-refractivity contribution in [2.75, 3.05) is 7.15 Å². The Morgan fingerprint density at radius 2 is 0.826 bits per heavy atom. The van der Waals surface area contributed by atoms with Crippen LogP contribution < -0.4 is 0 Å². The van der Waals surface area contributed by atoms with Crippen molar-refractivity contribution in [1.29, 1.82) is 0 Å². The number of nitrogens with zero attached hydrogens (tertiary/aromatic N) is 4. The number of alkyl halides is 1. The highest BCUT2D eigenvalue weighted by Crippen LogP contribution is 2.44. The van der Waals surface area contributed by atoms with Crippen molar-refractivity contribution in [2.45, 2.75) is 7.43 Å². The number of aromatic nitrogens is 5. The van der Waals surface area contributed by atoms with E-state index < -0.39 is 7.15 Å². The molecule has 5 nitrogen and oxygen atoms in total. The first-order valence-corrected chi connectivity index (χ1v) is 24.0. The highest BCUT2D eigenvalue weighted by atomic mass is 32.1. The lowest BCUT2D eigenvalue weighted by Crippen LogP contribution is -2.06. The largest absolute Gasteiger partial charge is 0.354 e. The van der Waals surface area contributed by atoms with Crippen molar-refractivity contribution in [3.05, 3.63) is 206 Å². The number of benzene rings is 10. The van der Waals surface area contributed by atoms with Gasteiger partial charge in [0.1, 0.15) is 0 Å². The molecule has 0 saturated heterocycles. The summed E-state index contributed by atoms with van der Waals surface area (Å²) in [5.74, 6) is 1.91. The molecule has 0 atom stereocenters. The average molecular weight is 929 g/mol. The Labute approximate surface area is 405 Å². The highest BCUT2D eigenvalue weighted by molar-refractivity contribution is 7.27. The third kappa shape index (κ3) is 6.74. The number of H-pyrrole nitrogens is 1. The van der Waals surface area contributed by atoms with Crippen molar-refractivity contribution in [1.82, 2.24) is 24.5 Å². The zero-order chi connectivity index (χ0) is 46.0. The van der Waals surface area contributed by atoms with E-state index >= 15 is 0 Å². The molecule has 0 amide bonds. The summed E-state index contributed by atoms with van der Waals surface area (Å²) in [5.41, 5.74) is 6.54. The molecule has 8 heteroatoms. The number of hydrogen-bond acceptors (Lipinski definition) is 5. The standard InChI is InChI=1S/C37H22N4S.C22H13NS.CH3F.CH4/c1-3-11-23(12-4-1)35-38-36(24-13-5-2-6-14-24)40-37(39-35)41-31-17-9-7-15-25(31)27-19-22-30-28(33(27)41)20-21-29-26-16-8-10-18-32(26)42-34(29)30;1-3-7-19-13(5-1)15-9-12-18-16(21(15)23-19)10-11-17-14-6-2-4-8-20(14)24-22(17)18;1-2;/h1-22H;1-12,23H;1H3;1H4/i;;1D;. The number of aromatic amines is 1. The number of nitrogens with one attached hydrogen (secondary N) is 1. The second kappa shape index (κ2) is 17.1. The number of fused-ring (bicyclic) bond motifs is 18. The number of para-hydroxylation sites is 2. The van der Waals surface area contributed by atoms with Crippen molar-refractivity contribution in [2.24, 2.45) is 0 Å². The van der Waals surface area contributed by atoms with Crippen molar-refractivity contribution in [3.8, 4) is 28.7 Å². The predicted octanol–water partition coefficient (Wildman–Crippen LogP) is 17.9. The molecule has 0 aliphatic heterocycles. The van der Waals surface area contributed by atoms with Gasteiger partial charge in [-0.05, 0) is 24.3 Å². The van der Waals surface area contributed by atoms with E-state index in [2.05, 4.69) is 155 Å². The van der Waals surface area contributed by atoms with Gasteiger partial charge in [-0.2, -0.15) is 9.97 Å². The molecule has 15 aromatic rings. The molecule has 69 heavy (non-hydrogen) atoms. The van der Waals surface area contributed by atoms with E-state index in [0.29, 0.717) is 17.6 Å². The van der Waals surface area contributed by atoms with Crippen molar-refractivity contribution in [3.63, 3.8) is 0 Å². The summed E-state index contributed by atoms with van der Waals surface area (Å²) < 4.78 is 23.1. The Morgan fingerprint density at radius 1 is 0.420 bits per heavy atom. The first kappa shape index (κ1) is 40.9. The minimum absolute atomic E-state index is 0. The van der Waals surface area contributed by atoms with Crippen molar-refractivity contribution < 1.29 is 5.76 Å². The topological polar surface area (TPSA) is 59.4 Å². The summed E-state index contributed by atoms with van der Waals surface area (Å²) >= 11 is 3.75. The molecular formula is C61H42FN5S2. The molecule has 0 aliphatic rings. The van der Waals surface area contributed by atoms with Gasteiger partial charge in [-0.3, -0.25) is 8.96 Å². The maximum atomic E-state index is 9.96. The fraction of sp³-hybridized carbons (Fsp3) is 0.0328. The molecule has 5 aromatic heterocycles. The van der Waals surface area contributed by atoms with Gasteiger partial charge in [-0.1, -0.05) is 189 Å². The number of halogens is 1. The monoisotopic (exact) mass is 928 g/mol. The number of thiophene rings is 2. The maximum Gasteiger partial charge on any atom is 0.238 e. The molecule has 330 valence electrons. The first-order valence-electron chi connectivity index (χ1n) is 23.1. The summed E-state index contributed by atoms with van der Waals surface area (Å²) in [7, 11) is -1.00. The zero-order valence-electron chi connectivity index (χ0n) is 37.3. The highest BCUT2D eigenvalue weighted by Gasteiger charge is 2.21. The summed E-state index contributed by atoms with van der Waals surface area (Å²) in [6.45, 7) is 0. The average Bonchev–Trinajstić information content (AvgIpc) is 4.19. The minimum Gasteiger partial charge on any atom is -0.354 e. The minimum atomic E-state index is -1.00. The van der Waals surface area contributed by atoms with Gasteiger partial charge < -0.3 is 4.98 Å². The third-order valence-corrected chi connectivity index (χ3v) is 15.5. The fourth-order valence-electron chi connectivity index (χ4n) is 10.1. The van der Waals surface area contributed by atoms with Crippen LogP contribution in [0.15, 0.2) is 206 Å². The van der Waals surface area contributed by atoms with E-state index in [1.54, 1.807) is 0 Å². The van der Waals surface area contributed by atoms with E-state index in [-0.39, 0.29) is 7.43 Å². The van der Waals surface area contributed by atoms with E-state index in [1.165, 1.54) is 94.5 Å². The lowest BCUT2D eigenvalue weighted by atomic mass is 10.0. The van der Waals surface area contributed by atoms with Crippen LogP contribution in [0.2, 0.25) is 0 Å². The predicted molar refractivity (Wildman–Crippen MR) is 295 cm³/mol. The van der Waals surface area contributed by atoms with Crippen LogP contribution in [0.25, 0.3) is 134 Å². The van der Waals surface area contributed by atoms with E-state index in [4.69, 9.17) is 16.3 Å². The molecule has 0 fully saturated rings. The van der Waals surface area contributed by atoms with Crippen LogP contribution in [0, 0.1) is 0 Å². The van der Waals surface area contributed by atoms with Gasteiger partial charge in [0.2, 0.25) is 5.95 Å². The van der Waals surface area contributed by atoms with Crippen LogP contribution in [0.1, 0.15) is 8.80 Å². The second-order valence-electron chi connectivity index (χ2n) is 16.8. The molecule has 0 saturated carbocycles. The van der Waals surface area contributed by atoms with Crippen molar-refractivity contribution >= 4 is 128 Å². The number of rotatable bonds is 3. The Kier molecular flexibility index (Phi) is 10.1. The number of hydrogen-bond donors (Lipinski definition) is 1. The lowest BCUT2D eigenvalue weighted by molar-refractivity contribution is 0.636. The molecule has 5 heterocycles. The van der Waals surface area contributed by atoms with Crippen LogP contribution in [0.4, 0.5) is 4.39 Å². The quantitative estimate of drug-likeness (QED) is 0.192. The maximum absolute atomic E-state index is 9.96.